The Labute approximate surface area is 153 Å². The molecular formula is C19H17F3N2O3. The molecule has 1 N–H and O–H groups in total. The zero-order valence-corrected chi connectivity index (χ0v) is 14.3. The highest BCUT2D eigenvalue weighted by molar-refractivity contribution is 6.01. The topological polar surface area (TPSA) is 52.1 Å². The Morgan fingerprint density at radius 2 is 1.81 bits per heavy atom. The lowest BCUT2D eigenvalue weighted by molar-refractivity contribution is -0.137. The van der Waals surface area contributed by atoms with Gasteiger partial charge in [0.1, 0.15) is 6.10 Å². The second-order valence-corrected chi connectivity index (χ2v) is 6.36. The van der Waals surface area contributed by atoms with Crippen LogP contribution in [0.1, 0.15) is 23.1 Å². The van der Waals surface area contributed by atoms with Crippen LogP contribution in [0.3, 0.4) is 0 Å². The van der Waals surface area contributed by atoms with Gasteiger partial charge in [-0.15, -0.1) is 0 Å². The van der Waals surface area contributed by atoms with E-state index in [0.717, 1.165) is 29.0 Å². The van der Waals surface area contributed by atoms with Crippen molar-refractivity contribution in [2.45, 2.75) is 25.2 Å². The van der Waals surface area contributed by atoms with Crippen molar-refractivity contribution in [2.24, 2.45) is 5.16 Å². The van der Waals surface area contributed by atoms with Gasteiger partial charge in [-0.25, -0.2) is 0 Å². The van der Waals surface area contributed by atoms with E-state index in [1.807, 2.05) is 18.2 Å². The van der Waals surface area contributed by atoms with E-state index in [1.165, 1.54) is 12.1 Å². The number of nitrogens with one attached hydrogen (secondary N) is 1. The summed E-state index contributed by atoms with van der Waals surface area (Å²) < 4.78 is 48.4. The normalized spacial score (nSPS) is 18.3. The number of fused-ring (bicyclic) bond motifs is 1. The second-order valence-electron chi connectivity index (χ2n) is 6.36. The third kappa shape index (κ3) is 4.00. The standard InChI is InChI=1S/C19H17F3N2O3/c20-19(21,22)14-4-1-12(2-5-14)9-23-10-15-8-16(24-27-15)13-3-6-17-18(7-13)26-11-25-17/h1-7,15,23H,8-11H2. The van der Waals surface area contributed by atoms with E-state index in [0.29, 0.717) is 31.0 Å². The average molecular weight is 378 g/mol. The van der Waals surface area contributed by atoms with Crippen molar-refractivity contribution in [3.63, 3.8) is 0 Å². The highest BCUT2D eigenvalue weighted by Crippen LogP contribution is 2.33. The van der Waals surface area contributed by atoms with Gasteiger partial charge in [-0.2, -0.15) is 13.2 Å². The molecule has 2 heterocycles. The van der Waals surface area contributed by atoms with Crippen LogP contribution < -0.4 is 14.8 Å². The summed E-state index contributed by atoms with van der Waals surface area (Å²) in [6, 6.07) is 10.8. The molecule has 2 aromatic rings. The van der Waals surface area contributed by atoms with Gasteiger partial charge >= 0.3 is 6.18 Å². The van der Waals surface area contributed by atoms with Crippen molar-refractivity contribution in [1.29, 1.82) is 0 Å². The Kier molecular flexibility index (Phi) is 4.65. The molecule has 8 heteroatoms. The van der Waals surface area contributed by atoms with Crippen molar-refractivity contribution in [1.82, 2.24) is 5.32 Å². The van der Waals surface area contributed by atoms with Gasteiger partial charge in [0, 0.05) is 25.1 Å². The third-order valence-electron chi connectivity index (χ3n) is 4.42. The molecule has 142 valence electrons. The molecule has 0 saturated heterocycles. The van der Waals surface area contributed by atoms with Crippen molar-refractivity contribution in [2.75, 3.05) is 13.3 Å². The second kappa shape index (κ2) is 7.11. The van der Waals surface area contributed by atoms with Crippen LogP contribution in [-0.4, -0.2) is 25.2 Å². The minimum absolute atomic E-state index is 0.125. The Balaban J connectivity index is 1.26. The van der Waals surface area contributed by atoms with Crippen LogP contribution in [0.15, 0.2) is 47.6 Å². The predicted octanol–water partition coefficient (Wildman–Crippen LogP) is 3.72. The van der Waals surface area contributed by atoms with E-state index in [2.05, 4.69) is 10.5 Å². The van der Waals surface area contributed by atoms with E-state index >= 15 is 0 Å². The highest BCUT2D eigenvalue weighted by atomic mass is 19.4. The number of oxime groups is 1. The molecule has 0 radical (unpaired) electrons. The first-order chi connectivity index (χ1) is 13.0. The summed E-state index contributed by atoms with van der Waals surface area (Å²) in [5.74, 6) is 1.41. The molecule has 1 atom stereocenters. The molecule has 2 aliphatic rings. The summed E-state index contributed by atoms with van der Waals surface area (Å²) in [4.78, 5) is 5.45. The predicted molar refractivity (Wildman–Crippen MR) is 91.7 cm³/mol. The van der Waals surface area contributed by atoms with Crippen molar-refractivity contribution >= 4 is 5.71 Å². The van der Waals surface area contributed by atoms with Gasteiger partial charge in [0.15, 0.2) is 11.5 Å². The fraction of sp³-hybridized carbons (Fsp3) is 0.316. The summed E-state index contributed by atoms with van der Waals surface area (Å²) in [5.41, 5.74) is 1.88. The molecule has 0 aliphatic carbocycles. The summed E-state index contributed by atoms with van der Waals surface area (Å²) in [7, 11) is 0. The molecular weight excluding hydrogens is 361 g/mol. The lowest BCUT2D eigenvalue weighted by atomic mass is 10.0. The summed E-state index contributed by atoms with van der Waals surface area (Å²) in [6.45, 7) is 1.22. The molecule has 27 heavy (non-hydrogen) atoms. The van der Waals surface area contributed by atoms with E-state index in [-0.39, 0.29) is 12.9 Å². The SMILES string of the molecule is FC(F)(F)c1ccc(CNCC2CC(c3ccc4c(c3)OCO4)=NO2)cc1. The van der Waals surface area contributed by atoms with E-state index in [9.17, 15) is 13.2 Å². The molecule has 0 fully saturated rings. The zero-order valence-electron chi connectivity index (χ0n) is 14.3. The maximum atomic E-state index is 12.6. The molecule has 5 nitrogen and oxygen atoms in total. The quantitative estimate of drug-likeness (QED) is 0.862. The minimum atomic E-state index is -4.31. The molecule has 0 spiro atoms. The van der Waals surface area contributed by atoms with Gasteiger partial charge in [-0.3, -0.25) is 0 Å². The van der Waals surface area contributed by atoms with Gasteiger partial charge in [0.25, 0.3) is 0 Å². The van der Waals surface area contributed by atoms with E-state index < -0.39 is 11.7 Å². The highest BCUT2D eigenvalue weighted by Gasteiger charge is 2.30. The van der Waals surface area contributed by atoms with Crippen molar-refractivity contribution < 1.29 is 27.5 Å². The summed E-state index contributed by atoms with van der Waals surface area (Å²) >= 11 is 0. The smallest absolute Gasteiger partial charge is 0.416 e. The van der Waals surface area contributed by atoms with Crippen LogP contribution in [0, 0.1) is 0 Å². The number of alkyl halides is 3. The van der Waals surface area contributed by atoms with Gasteiger partial charge < -0.3 is 19.6 Å². The van der Waals surface area contributed by atoms with Crippen molar-refractivity contribution in [3.8, 4) is 11.5 Å². The first-order valence-electron chi connectivity index (χ1n) is 8.48. The fourth-order valence-electron chi connectivity index (χ4n) is 2.97. The van der Waals surface area contributed by atoms with Crippen LogP contribution >= 0.6 is 0 Å². The number of nitrogens with zero attached hydrogens (tertiary/aromatic N) is 1. The molecule has 2 aliphatic heterocycles. The van der Waals surface area contributed by atoms with Crippen LogP contribution in [0.25, 0.3) is 0 Å². The molecule has 0 amide bonds. The number of benzene rings is 2. The largest absolute Gasteiger partial charge is 0.454 e. The Hall–Kier alpha value is -2.74. The first-order valence-corrected chi connectivity index (χ1v) is 8.48. The number of hydrogen-bond acceptors (Lipinski definition) is 5. The molecule has 0 bridgehead atoms. The number of rotatable bonds is 5. The fourth-order valence-corrected chi connectivity index (χ4v) is 2.97. The first kappa shape index (κ1) is 17.7. The third-order valence-corrected chi connectivity index (χ3v) is 4.42. The Morgan fingerprint density at radius 3 is 2.59 bits per heavy atom. The van der Waals surface area contributed by atoms with E-state index in [1.54, 1.807) is 0 Å². The summed E-state index contributed by atoms with van der Waals surface area (Å²) in [6.07, 6.45) is -3.80. The van der Waals surface area contributed by atoms with Gasteiger partial charge in [0.2, 0.25) is 6.79 Å². The maximum absolute atomic E-state index is 12.6. The van der Waals surface area contributed by atoms with Crippen LogP contribution in [-0.2, 0) is 17.6 Å². The van der Waals surface area contributed by atoms with Crippen LogP contribution in [0.5, 0.6) is 11.5 Å². The lowest BCUT2D eigenvalue weighted by Crippen LogP contribution is -2.26. The zero-order chi connectivity index (χ0) is 18.9. The van der Waals surface area contributed by atoms with Crippen LogP contribution in [0.4, 0.5) is 13.2 Å². The minimum Gasteiger partial charge on any atom is -0.454 e. The maximum Gasteiger partial charge on any atom is 0.416 e. The van der Waals surface area contributed by atoms with Gasteiger partial charge in [-0.05, 0) is 35.9 Å². The van der Waals surface area contributed by atoms with Gasteiger partial charge in [0.05, 0.1) is 11.3 Å². The lowest BCUT2D eigenvalue weighted by Gasteiger charge is -2.11. The molecule has 2 aromatic carbocycles. The Bertz CT molecular complexity index is 850. The monoisotopic (exact) mass is 378 g/mol. The van der Waals surface area contributed by atoms with Gasteiger partial charge in [-0.1, -0.05) is 17.3 Å². The average Bonchev–Trinajstić information content (AvgIpc) is 3.30. The number of ether oxygens (including phenoxy) is 2. The van der Waals surface area contributed by atoms with E-state index in [4.69, 9.17) is 14.3 Å². The number of hydrogen-bond donors (Lipinski definition) is 1. The number of halogens is 3. The molecule has 4 rings (SSSR count). The molecule has 0 saturated carbocycles. The van der Waals surface area contributed by atoms with Crippen LogP contribution in [0.2, 0.25) is 0 Å². The van der Waals surface area contributed by atoms with Crippen molar-refractivity contribution in [3.05, 3.63) is 59.2 Å². The Morgan fingerprint density at radius 1 is 1.04 bits per heavy atom. The molecule has 1 unspecified atom stereocenters. The summed E-state index contributed by atoms with van der Waals surface area (Å²) in [5, 5.41) is 7.32. The molecule has 0 aromatic heterocycles.